The molecular formula is C6H13NaO8. The van der Waals surface area contributed by atoms with E-state index in [0.29, 0.717) is 6.61 Å². The van der Waals surface area contributed by atoms with Gasteiger partial charge in [-0.1, -0.05) is 0 Å². The second-order valence-corrected chi connectivity index (χ2v) is 1.49. The van der Waals surface area contributed by atoms with Gasteiger partial charge in [0.2, 0.25) is 0 Å². The van der Waals surface area contributed by atoms with E-state index in [2.05, 4.69) is 4.74 Å². The SMILES string of the molecule is CCOC(C)=O.O=C(O)O.O=C(O)O.[NaH]. The average molecular weight is 236 g/mol. The van der Waals surface area contributed by atoms with Crippen LogP contribution in [0.4, 0.5) is 9.59 Å². The molecule has 0 atom stereocenters. The van der Waals surface area contributed by atoms with Crippen LogP contribution in [-0.4, -0.2) is 74.9 Å². The van der Waals surface area contributed by atoms with Crippen LogP contribution in [0.1, 0.15) is 13.8 Å². The van der Waals surface area contributed by atoms with E-state index < -0.39 is 12.3 Å². The first-order chi connectivity index (χ1) is 6.23. The number of rotatable bonds is 1. The molecule has 0 aromatic carbocycles. The maximum absolute atomic E-state index is 9.82. The normalized spacial score (nSPS) is 6.27. The molecular weight excluding hydrogens is 223 g/mol. The monoisotopic (exact) mass is 236 g/mol. The molecule has 0 rings (SSSR count). The Morgan fingerprint density at radius 2 is 1.20 bits per heavy atom. The first kappa shape index (κ1) is 23.7. The minimum absolute atomic E-state index is 0. The van der Waals surface area contributed by atoms with Gasteiger partial charge in [0.1, 0.15) is 0 Å². The molecule has 0 aromatic heterocycles. The molecule has 0 bridgehead atoms. The van der Waals surface area contributed by atoms with Gasteiger partial charge in [-0.3, -0.25) is 4.79 Å². The van der Waals surface area contributed by atoms with Gasteiger partial charge >= 0.3 is 47.8 Å². The third-order valence-corrected chi connectivity index (χ3v) is 0.348. The van der Waals surface area contributed by atoms with E-state index in [0.717, 1.165) is 0 Å². The van der Waals surface area contributed by atoms with Crippen LogP contribution in [0, 0.1) is 0 Å². The van der Waals surface area contributed by atoms with Crippen molar-refractivity contribution in [1.29, 1.82) is 0 Å². The Labute approximate surface area is 108 Å². The third kappa shape index (κ3) is 390. The summed E-state index contributed by atoms with van der Waals surface area (Å²) in [6.07, 6.45) is -3.67. The number of ether oxygens (including phenoxy) is 1. The summed E-state index contributed by atoms with van der Waals surface area (Å²) < 4.78 is 4.40. The van der Waals surface area contributed by atoms with Crippen molar-refractivity contribution in [1.82, 2.24) is 0 Å². The predicted molar refractivity (Wildman–Crippen MR) is 50.8 cm³/mol. The molecule has 0 heterocycles. The molecule has 0 unspecified atom stereocenters. The Morgan fingerprint density at radius 3 is 1.20 bits per heavy atom. The van der Waals surface area contributed by atoms with Gasteiger partial charge in [0.05, 0.1) is 6.61 Å². The van der Waals surface area contributed by atoms with Gasteiger partial charge in [-0.2, -0.15) is 0 Å². The molecule has 0 aliphatic heterocycles. The first-order valence-electron chi connectivity index (χ1n) is 3.21. The van der Waals surface area contributed by atoms with Gasteiger partial charge in [0.25, 0.3) is 0 Å². The van der Waals surface area contributed by atoms with Crippen LogP contribution < -0.4 is 0 Å². The van der Waals surface area contributed by atoms with Gasteiger partial charge in [-0.15, -0.1) is 0 Å². The molecule has 0 saturated heterocycles. The molecule has 9 heteroatoms. The number of hydrogen-bond acceptors (Lipinski definition) is 4. The van der Waals surface area contributed by atoms with E-state index >= 15 is 0 Å². The van der Waals surface area contributed by atoms with Crippen molar-refractivity contribution in [2.45, 2.75) is 13.8 Å². The summed E-state index contributed by atoms with van der Waals surface area (Å²) in [5.41, 5.74) is 0. The summed E-state index contributed by atoms with van der Waals surface area (Å²) in [5.74, 6) is -0.211. The molecule has 0 aromatic rings. The van der Waals surface area contributed by atoms with Crippen LogP contribution in [-0.2, 0) is 9.53 Å². The van der Waals surface area contributed by atoms with Crippen molar-refractivity contribution >= 4 is 47.8 Å². The van der Waals surface area contributed by atoms with Crippen molar-refractivity contribution in [2.24, 2.45) is 0 Å². The minimum atomic E-state index is -1.83. The molecule has 86 valence electrons. The molecule has 0 aliphatic rings. The van der Waals surface area contributed by atoms with Crippen LogP contribution in [0.5, 0.6) is 0 Å². The molecule has 4 N–H and O–H groups in total. The van der Waals surface area contributed by atoms with E-state index in [4.69, 9.17) is 30.0 Å². The molecule has 0 aliphatic carbocycles. The third-order valence-electron chi connectivity index (χ3n) is 0.348. The Kier molecular flexibility index (Phi) is 29.5. The van der Waals surface area contributed by atoms with E-state index in [-0.39, 0.29) is 35.5 Å². The molecule has 0 radical (unpaired) electrons. The predicted octanol–water partition coefficient (Wildman–Crippen LogP) is 0.366. The number of carbonyl (C=O) groups is 3. The fourth-order valence-electron chi connectivity index (χ4n) is 0.203. The van der Waals surface area contributed by atoms with Crippen molar-refractivity contribution in [3.05, 3.63) is 0 Å². The van der Waals surface area contributed by atoms with Gasteiger partial charge < -0.3 is 25.2 Å². The van der Waals surface area contributed by atoms with Crippen molar-refractivity contribution in [2.75, 3.05) is 6.61 Å². The standard InChI is InChI=1S/C4H8O2.2CH2O3.Na.H/c1-3-6-4(2)5;2*2-1(3)4;;/h3H2,1-2H3;2*(H2,2,3,4);;. The maximum atomic E-state index is 9.82. The van der Waals surface area contributed by atoms with E-state index in [1.165, 1.54) is 6.92 Å². The van der Waals surface area contributed by atoms with Gasteiger partial charge in [-0.25, -0.2) is 9.59 Å². The Balaban J connectivity index is -0.0000000606. The number of carboxylic acid groups (broad SMARTS) is 4. The van der Waals surface area contributed by atoms with Gasteiger partial charge in [0, 0.05) is 6.92 Å². The summed E-state index contributed by atoms with van der Waals surface area (Å²) >= 11 is 0. The van der Waals surface area contributed by atoms with Crippen molar-refractivity contribution in [3.63, 3.8) is 0 Å². The molecule has 0 saturated carbocycles. The Morgan fingerprint density at radius 1 is 1.00 bits per heavy atom. The number of carbonyl (C=O) groups excluding carboxylic acids is 1. The van der Waals surface area contributed by atoms with E-state index in [1.807, 2.05) is 0 Å². The molecule has 0 amide bonds. The van der Waals surface area contributed by atoms with Crippen LogP contribution in [0.25, 0.3) is 0 Å². The quantitative estimate of drug-likeness (QED) is 0.377. The van der Waals surface area contributed by atoms with E-state index in [1.54, 1.807) is 6.92 Å². The van der Waals surface area contributed by atoms with Crippen LogP contribution >= 0.6 is 0 Å². The fraction of sp³-hybridized carbons (Fsp3) is 0.500. The van der Waals surface area contributed by atoms with E-state index in [9.17, 15) is 4.79 Å². The molecule has 8 nitrogen and oxygen atoms in total. The summed E-state index contributed by atoms with van der Waals surface area (Å²) in [6, 6.07) is 0. The number of esters is 1. The average Bonchev–Trinajstić information content (AvgIpc) is 1.82. The topological polar surface area (TPSA) is 141 Å². The fourth-order valence-corrected chi connectivity index (χ4v) is 0.203. The summed E-state index contributed by atoms with van der Waals surface area (Å²) in [5, 5.41) is 27.9. The second-order valence-electron chi connectivity index (χ2n) is 1.49. The van der Waals surface area contributed by atoms with Crippen molar-refractivity contribution in [3.8, 4) is 0 Å². The summed E-state index contributed by atoms with van der Waals surface area (Å²) in [4.78, 5) is 26.9. The molecule has 0 spiro atoms. The zero-order chi connectivity index (χ0) is 12.1. The Hall–Kier alpha value is -0.990. The molecule has 0 fully saturated rings. The van der Waals surface area contributed by atoms with Crippen LogP contribution in [0.3, 0.4) is 0 Å². The number of hydrogen-bond donors (Lipinski definition) is 4. The summed E-state index contributed by atoms with van der Waals surface area (Å²) in [7, 11) is 0. The van der Waals surface area contributed by atoms with Crippen LogP contribution in [0.15, 0.2) is 0 Å². The molecule has 15 heavy (non-hydrogen) atoms. The van der Waals surface area contributed by atoms with Crippen molar-refractivity contribution < 1.29 is 39.5 Å². The van der Waals surface area contributed by atoms with Crippen LogP contribution in [0.2, 0.25) is 0 Å². The van der Waals surface area contributed by atoms with Gasteiger partial charge in [-0.05, 0) is 6.92 Å². The zero-order valence-electron chi connectivity index (χ0n) is 7.63. The second kappa shape index (κ2) is 18.7. The summed E-state index contributed by atoms with van der Waals surface area (Å²) in [6.45, 7) is 3.65. The van der Waals surface area contributed by atoms with Gasteiger partial charge in [0.15, 0.2) is 0 Å². The Bertz CT molecular complexity index is 160. The first-order valence-corrected chi connectivity index (χ1v) is 3.21. The zero-order valence-corrected chi connectivity index (χ0v) is 7.63.